The van der Waals surface area contributed by atoms with Crippen molar-refractivity contribution in [3.8, 4) is 11.5 Å². The number of halogens is 1. The van der Waals surface area contributed by atoms with E-state index in [0.29, 0.717) is 28.0 Å². The normalized spacial score (nSPS) is 10.5. The number of esters is 1. The van der Waals surface area contributed by atoms with Crippen molar-refractivity contribution in [1.29, 1.82) is 0 Å². The number of carbonyl (C=O) groups is 2. The summed E-state index contributed by atoms with van der Waals surface area (Å²) in [4.78, 5) is 24.2. The maximum Gasteiger partial charge on any atom is 0.316 e. The van der Waals surface area contributed by atoms with Crippen molar-refractivity contribution >= 4 is 40.9 Å². The summed E-state index contributed by atoms with van der Waals surface area (Å²) in [5.41, 5.74) is 2.14. The Labute approximate surface area is 189 Å². The minimum Gasteiger partial charge on any atom is -0.455 e. The Morgan fingerprint density at radius 2 is 1.94 bits per heavy atom. The van der Waals surface area contributed by atoms with Gasteiger partial charge in [-0.05, 0) is 44.2 Å². The Balaban J connectivity index is 1.49. The number of rotatable bonds is 9. The highest BCUT2D eigenvalue weighted by molar-refractivity contribution is 7.99. The van der Waals surface area contributed by atoms with Crippen LogP contribution in [-0.2, 0) is 20.1 Å². The Morgan fingerprint density at radius 1 is 1.16 bits per heavy atom. The number of aromatic nitrogens is 1. The Bertz CT molecular complexity index is 1040. The predicted molar refractivity (Wildman–Crippen MR) is 120 cm³/mol. The smallest absolute Gasteiger partial charge is 0.316 e. The number of amides is 1. The third-order valence-corrected chi connectivity index (χ3v) is 5.37. The van der Waals surface area contributed by atoms with Crippen LogP contribution in [0.2, 0.25) is 5.02 Å². The fourth-order valence-electron chi connectivity index (χ4n) is 2.62. The zero-order valence-corrected chi connectivity index (χ0v) is 18.6. The highest BCUT2D eigenvalue weighted by atomic mass is 35.5. The molecule has 162 valence electrons. The van der Waals surface area contributed by atoms with Crippen LogP contribution in [-0.4, -0.2) is 29.4 Å². The molecule has 9 heteroatoms. The van der Waals surface area contributed by atoms with Crippen molar-refractivity contribution < 1.29 is 23.6 Å². The van der Waals surface area contributed by atoms with E-state index < -0.39 is 18.5 Å². The maximum absolute atomic E-state index is 12.3. The number of thioether (sulfide) groups is 1. The Kier molecular flexibility index (Phi) is 7.97. The molecular weight excluding hydrogens is 440 g/mol. The molecule has 31 heavy (non-hydrogen) atoms. The summed E-state index contributed by atoms with van der Waals surface area (Å²) in [6, 6.07) is 14.0. The van der Waals surface area contributed by atoms with Gasteiger partial charge in [-0.1, -0.05) is 35.0 Å². The van der Waals surface area contributed by atoms with Gasteiger partial charge in [0, 0.05) is 16.3 Å². The van der Waals surface area contributed by atoms with Crippen LogP contribution in [0.3, 0.4) is 0 Å². The molecule has 1 aromatic heterocycles. The van der Waals surface area contributed by atoms with Crippen LogP contribution in [0.5, 0.6) is 11.5 Å². The fourth-order valence-corrected chi connectivity index (χ4v) is 3.76. The van der Waals surface area contributed by atoms with E-state index in [2.05, 4.69) is 10.5 Å². The number of hydrogen-bond donors (Lipinski definition) is 1. The number of anilines is 1. The van der Waals surface area contributed by atoms with Crippen LogP contribution in [0.4, 0.5) is 5.69 Å². The highest BCUT2D eigenvalue weighted by Gasteiger charge is 2.14. The summed E-state index contributed by atoms with van der Waals surface area (Å²) in [6.45, 7) is 3.26. The van der Waals surface area contributed by atoms with Crippen LogP contribution < -0.4 is 10.1 Å². The Morgan fingerprint density at radius 3 is 2.65 bits per heavy atom. The SMILES string of the molecule is Cc1noc(C)c1CSCC(=O)OCC(=O)Nc1cc(Cl)ccc1Oc1ccccc1. The molecule has 0 aliphatic heterocycles. The largest absolute Gasteiger partial charge is 0.455 e. The topological polar surface area (TPSA) is 90.7 Å². The monoisotopic (exact) mass is 460 g/mol. The number of aryl methyl sites for hydroxylation is 2. The van der Waals surface area contributed by atoms with Crippen molar-refractivity contribution in [3.05, 3.63) is 70.6 Å². The number of nitrogens with zero attached hydrogens (tertiary/aromatic N) is 1. The quantitative estimate of drug-likeness (QED) is 0.441. The van der Waals surface area contributed by atoms with Crippen LogP contribution in [0.1, 0.15) is 17.0 Å². The molecular formula is C22H21ClN2O5S. The minimum atomic E-state index is -0.496. The van der Waals surface area contributed by atoms with E-state index in [1.54, 1.807) is 30.3 Å². The summed E-state index contributed by atoms with van der Waals surface area (Å²) in [5.74, 6) is 1.46. The predicted octanol–water partition coefficient (Wildman–Crippen LogP) is 5.15. The van der Waals surface area contributed by atoms with Crippen molar-refractivity contribution in [1.82, 2.24) is 5.16 Å². The zero-order valence-electron chi connectivity index (χ0n) is 17.0. The van der Waals surface area contributed by atoms with Crippen LogP contribution in [0.15, 0.2) is 53.1 Å². The molecule has 0 radical (unpaired) electrons. The molecule has 3 aromatic rings. The van der Waals surface area contributed by atoms with E-state index in [0.717, 1.165) is 17.0 Å². The van der Waals surface area contributed by atoms with Gasteiger partial charge in [0.05, 0.1) is 17.1 Å². The molecule has 0 saturated carbocycles. The molecule has 0 fully saturated rings. The second-order valence-corrected chi connectivity index (χ2v) is 7.98. The van der Waals surface area contributed by atoms with Gasteiger partial charge >= 0.3 is 5.97 Å². The van der Waals surface area contributed by atoms with Gasteiger partial charge in [0.25, 0.3) is 5.91 Å². The van der Waals surface area contributed by atoms with E-state index in [1.807, 2.05) is 32.0 Å². The summed E-state index contributed by atoms with van der Waals surface area (Å²) in [5, 5.41) is 6.98. The second kappa shape index (κ2) is 10.9. The van der Waals surface area contributed by atoms with Crippen molar-refractivity contribution in [2.24, 2.45) is 0 Å². The lowest BCUT2D eigenvalue weighted by atomic mass is 10.2. The van der Waals surface area contributed by atoms with Gasteiger partial charge < -0.3 is 19.3 Å². The molecule has 7 nitrogen and oxygen atoms in total. The molecule has 3 rings (SSSR count). The van der Waals surface area contributed by atoms with Gasteiger partial charge in [-0.3, -0.25) is 9.59 Å². The third kappa shape index (κ3) is 6.77. The van der Waals surface area contributed by atoms with Crippen molar-refractivity contribution in [2.45, 2.75) is 19.6 Å². The average molecular weight is 461 g/mol. The molecule has 1 amide bonds. The molecule has 0 atom stereocenters. The highest BCUT2D eigenvalue weighted by Crippen LogP contribution is 2.32. The van der Waals surface area contributed by atoms with Crippen LogP contribution >= 0.6 is 23.4 Å². The lowest BCUT2D eigenvalue weighted by Gasteiger charge is -2.13. The minimum absolute atomic E-state index is 0.108. The molecule has 0 saturated heterocycles. The van der Waals surface area contributed by atoms with Gasteiger partial charge in [0.2, 0.25) is 0 Å². The van der Waals surface area contributed by atoms with Gasteiger partial charge in [0.15, 0.2) is 12.4 Å². The maximum atomic E-state index is 12.3. The van der Waals surface area contributed by atoms with Gasteiger partial charge in [0.1, 0.15) is 11.5 Å². The molecule has 0 aliphatic rings. The first-order valence-corrected chi connectivity index (χ1v) is 10.9. The Hall–Kier alpha value is -2.97. The number of hydrogen-bond acceptors (Lipinski definition) is 7. The van der Waals surface area contributed by atoms with Gasteiger partial charge in [-0.2, -0.15) is 0 Å². The van der Waals surface area contributed by atoms with Gasteiger partial charge in [-0.15, -0.1) is 11.8 Å². The lowest BCUT2D eigenvalue weighted by Crippen LogP contribution is -2.22. The molecule has 0 bridgehead atoms. The first kappa shape index (κ1) is 22.7. The van der Waals surface area contributed by atoms with Crippen LogP contribution in [0, 0.1) is 13.8 Å². The number of para-hydroxylation sites is 1. The molecule has 1 N–H and O–H groups in total. The summed E-state index contributed by atoms with van der Waals surface area (Å²) in [6.07, 6.45) is 0. The number of ether oxygens (including phenoxy) is 2. The lowest BCUT2D eigenvalue weighted by molar-refractivity contribution is -0.144. The molecule has 0 aliphatic carbocycles. The summed E-state index contributed by atoms with van der Waals surface area (Å²) >= 11 is 7.41. The first-order valence-electron chi connectivity index (χ1n) is 9.40. The number of carbonyl (C=O) groups excluding carboxylic acids is 2. The fraction of sp³-hybridized carbons (Fsp3) is 0.227. The first-order chi connectivity index (χ1) is 14.9. The number of nitrogens with one attached hydrogen (secondary N) is 1. The third-order valence-electron chi connectivity index (χ3n) is 4.20. The van der Waals surface area contributed by atoms with Crippen molar-refractivity contribution in [3.63, 3.8) is 0 Å². The zero-order chi connectivity index (χ0) is 22.2. The van der Waals surface area contributed by atoms with Gasteiger partial charge in [-0.25, -0.2) is 0 Å². The summed E-state index contributed by atoms with van der Waals surface area (Å²) in [7, 11) is 0. The van der Waals surface area contributed by atoms with E-state index in [4.69, 9.17) is 25.6 Å². The molecule has 0 unspecified atom stereocenters. The molecule has 1 heterocycles. The standard InChI is InChI=1S/C22H21ClN2O5S/c1-14-18(15(2)30-25-14)12-31-13-22(27)28-11-21(26)24-19-10-16(23)8-9-20(19)29-17-6-4-3-5-7-17/h3-10H,11-13H2,1-2H3,(H,24,26). The molecule has 0 spiro atoms. The van der Waals surface area contributed by atoms with Crippen molar-refractivity contribution in [2.75, 3.05) is 17.7 Å². The summed E-state index contributed by atoms with van der Waals surface area (Å²) < 4.78 is 16.0. The average Bonchev–Trinajstić information content (AvgIpc) is 3.07. The van der Waals surface area contributed by atoms with E-state index in [1.165, 1.54) is 11.8 Å². The molecule has 2 aromatic carbocycles. The number of benzene rings is 2. The van der Waals surface area contributed by atoms with Crippen LogP contribution in [0.25, 0.3) is 0 Å². The van der Waals surface area contributed by atoms with E-state index in [9.17, 15) is 9.59 Å². The second-order valence-electron chi connectivity index (χ2n) is 6.56. The van der Waals surface area contributed by atoms with E-state index in [-0.39, 0.29) is 5.75 Å². The van der Waals surface area contributed by atoms with E-state index >= 15 is 0 Å².